The van der Waals surface area contributed by atoms with Gasteiger partial charge < -0.3 is 4.74 Å². The van der Waals surface area contributed by atoms with Gasteiger partial charge in [-0.15, -0.1) is 0 Å². The van der Waals surface area contributed by atoms with Gasteiger partial charge in [0.15, 0.2) is 0 Å². The molecule has 0 saturated carbocycles. The summed E-state index contributed by atoms with van der Waals surface area (Å²) in [6.07, 6.45) is 2.72. The molecule has 0 bridgehead atoms. The lowest BCUT2D eigenvalue weighted by Gasteiger charge is -2.08. The number of carbonyl (C=O) groups is 1. The first kappa shape index (κ1) is 15.3. The van der Waals surface area contributed by atoms with Crippen LogP contribution >= 0.6 is 11.6 Å². The quantitative estimate of drug-likeness (QED) is 0.574. The molecule has 2 aromatic rings. The van der Waals surface area contributed by atoms with E-state index in [9.17, 15) is 9.18 Å². The number of carbonyl (C=O) groups excluding carboxylic acids is 1. The molecule has 0 N–H and O–H groups in total. The smallest absolute Gasteiger partial charge is 0.297 e. The first-order valence-electron chi connectivity index (χ1n) is 6.47. The van der Waals surface area contributed by atoms with Crippen LogP contribution in [0.5, 0.6) is 0 Å². The summed E-state index contributed by atoms with van der Waals surface area (Å²) >= 11 is 5.84. The lowest BCUT2D eigenvalue weighted by atomic mass is 9.99. The van der Waals surface area contributed by atoms with Gasteiger partial charge in [0.1, 0.15) is 5.82 Å². The van der Waals surface area contributed by atoms with E-state index >= 15 is 0 Å². The Balaban J connectivity index is 2.13. The number of aryl methyl sites for hydroxylation is 1. The molecule has 0 aliphatic rings. The largest absolute Gasteiger partial charge is 0.436 e. The van der Waals surface area contributed by atoms with E-state index in [1.165, 1.54) is 18.4 Å². The minimum Gasteiger partial charge on any atom is -0.436 e. The topological polar surface area (TPSA) is 26.3 Å². The van der Waals surface area contributed by atoms with Crippen LogP contribution in [0.2, 0.25) is 5.02 Å². The van der Waals surface area contributed by atoms with Crippen LogP contribution < -0.4 is 0 Å². The molecule has 0 heterocycles. The SMILES string of the molecule is O=CO/C=C(\CCc1ccc(Cl)cc1)c1cccc(F)c1. The van der Waals surface area contributed by atoms with Gasteiger partial charge in [-0.25, -0.2) is 4.39 Å². The maximum atomic E-state index is 13.3. The number of rotatable bonds is 6. The van der Waals surface area contributed by atoms with E-state index in [0.717, 1.165) is 17.6 Å². The zero-order valence-electron chi connectivity index (χ0n) is 11.3. The average molecular weight is 305 g/mol. The highest BCUT2D eigenvalue weighted by Crippen LogP contribution is 2.22. The third kappa shape index (κ3) is 4.72. The van der Waals surface area contributed by atoms with Gasteiger partial charge in [-0.1, -0.05) is 35.9 Å². The van der Waals surface area contributed by atoms with Crippen LogP contribution in [0.25, 0.3) is 5.57 Å². The number of hydrogen-bond acceptors (Lipinski definition) is 2. The van der Waals surface area contributed by atoms with Gasteiger partial charge in [0.05, 0.1) is 6.26 Å². The van der Waals surface area contributed by atoms with E-state index in [1.807, 2.05) is 24.3 Å². The minimum absolute atomic E-state index is 0.323. The standard InChI is InChI=1S/C17H14ClFO2/c18-16-8-5-13(6-9-16)4-7-15(11-21-12-20)14-2-1-3-17(19)10-14/h1-3,5-6,8-12H,4,7H2/b15-11+. The molecule has 0 atom stereocenters. The fourth-order valence-electron chi connectivity index (χ4n) is 2.00. The van der Waals surface area contributed by atoms with Crippen molar-refractivity contribution in [3.63, 3.8) is 0 Å². The monoisotopic (exact) mass is 304 g/mol. The fraction of sp³-hybridized carbons (Fsp3) is 0.118. The molecule has 0 spiro atoms. The Kier molecular flexibility index (Phi) is 5.52. The van der Waals surface area contributed by atoms with Crippen LogP contribution in [-0.4, -0.2) is 6.47 Å². The van der Waals surface area contributed by atoms with Gasteiger partial charge in [0, 0.05) is 5.02 Å². The Hall–Kier alpha value is -2.13. The molecule has 0 radical (unpaired) electrons. The van der Waals surface area contributed by atoms with Gasteiger partial charge >= 0.3 is 0 Å². The lowest BCUT2D eigenvalue weighted by molar-refractivity contribution is -0.123. The zero-order chi connectivity index (χ0) is 15.1. The molecule has 0 saturated heterocycles. The summed E-state index contributed by atoms with van der Waals surface area (Å²) in [4.78, 5) is 10.4. The van der Waals surface area contributed by atoms with Crippen LogP contribution in [0.3, 0.4) is 0 Å². The number of hydrogen-bond donors (Lipinski definition) is 0. The summed E-state index contributed by atoms with van der Waals surface area (Å²) in [5.74, 6) is -0.323. The fourth-order valence-corrected chi connectivity index (χ4v) is 2.13. The molecule has 0 fully saturated rings. The highest BCUT2D eigenvalue weighted by Gasteiger charge is 2.05. The maximum Gasteiger partial charge on any atom is 0.297 e. The van der Waals surface area contributed by atoms with Crippen LogP contribution in [0, 0.1) is 5.82 Å². The Bertz CT molecular complexity index is 635. The van der Waals surface area contributed by atoms with Crippen molar-refractivity contribution in [2.24, 2.45) is 0 Å². The van der Waals surface area contributed by atoms with Crippen molar-refractivity contribution < 1.29 is 13.9 Å². The van der Waals surface area contributed by atoms with Crippen molar-refractivity contribution >= 4 is 23.6 Å². The normalized spacial score (nSPS) is 11.2. The third-order valence-electron chi connectivity index (χ3n) is 3.06. The van der Waals surface area contributed by atoms with Crippen LogP contribution in [0.4, 0.5) is 4.39 Å². The van der Waals surface area contributed by atoms with Gasteiger partial charge in [0.2, 0.25) is 0 Å². The zero-order valence-corrected chi connectivity index (χ0v) is 12.0. The third-order valence-corrected chi connectivity index (χ3v) is 3.31. The lowest BCUT2D eigenvalue weighted by Crippen LogP contribution is -1.92. The second-order valence-electron chi connectivity index (χ2n) is 4.51. The summed E-state index contributed by atoms with van der Waals surface area (Å²) in [5, 5.41) is 0.684. The van der Waals surface area contributed by atoms with E-state index in [0.29, 0.717) is 23.5 Å². The molecule has 4 heteroatoms. The number of ether oxygens (including phenoxy) is 1. The molecule has 21 heavy (non-hydrogen) atoms. The maximum absolute atomic E-state index is 13.3. The first-order valence-corrected chi connectivity index (χ1v) is 6.85. The number of benzene rings is 2. The van der Waals surface area contributed by atoms with E-state index in [-0.39, 0.29) is 5.82 Å². The molecule has 2 rings (SSSR count). The van der Waals surface area contributed by atoms with Crippen molar-refractivity contribution in [1.82, 2.24) is 0 Å². The van der Waals surface area contributed by atoms with Crippen molar-refractivity contribution in [2.45, 2.75) is 12.8 Å². The molecule has 0 aromatic heterocycles. The van der Waals surface area contributed by atoms with Crippen molar-refractivity contribution in [1.29, 1.82) is 0 Å². The first-order chi connectivity index (χ1) is 10.2. The number of allylic oxidation sites excluding steroid dienone is 1. The Morgan fingerprint density at radius 1 is 1.19 bits per heavy atom. The molecule has 0 amide bonds. The second-order valence-corrected chi connectivity index (χ2v) is 4.95. The van der Waals surface area contributed by atoms with Gasteiger partial charge in [0.25, 0.3) is 6.47 Å². The molecule has 2 nitrogen and oxygen atoms in total. The summed E-state index contributed by atoms with van der Waals surface area (Å²) in [7, 11) is 0. The summed E-state index contributed by atoms with van der Waals surface area (Å²) < 4.78 is 18.0. The highest BCUT2D eigenvalue weighted by atomic mass is 35.5. The van der Waals surface area contributed by atoms with E-state index < -0.39 is 0 Å². The van der Waals surface area contributed by atoms with Crippen molar-refractivity contribution in [3.05, 3.63) is 76.8 Å². The average Bonchev–Trinajstić information content (AvgIpc) is 2.49. The molecule has 0 aliphatic heterocycles. The Morgan fingerprint density at radius 2 is 1.95 bits per heavy atom. The Labute approximate surface area is 127 Å². The van der Waals surface area contributed by atoms with Crippen molar-refractivity contribution in [3.8, 4) is 0 Å². The Morgan fingerprint density at radius 3 is 2.62 bits per heavy atom. The number of halogens is 2. The van der Waals surface area contributed by atoms with Crippen LogP contribution in [0.15, 0.2) is 54.8 Å². The van der Waals surface area contributed by atoms with Gasteiger partial charge in [-0.05, 0) is 53.8 Å². The van der Waals surface area contributed by atoms with E-state index in [1.54, 1.807) is 12.1 Å². The summed E-state index contributed by atoms with van der Waals surface area (Å²) in [6.45, 7) is 0.349. The molecule has 108 valence electrons. The molecule has 2 aromatic carbocycles. The van der Waals surface area contributed by atoms with Crippen LogP contribution in [0.1, 0.15) is 17.5 Å². The second kappa shape index (κ2) is 7.60. The molecule has 0 unspecified atom stereocenters. The predicted molar refractivity (Wildman–Crippen MR) is 81.3 cm³/mol. The molecular weight excluding hydrogens is 291 g/mol. The van der Waals surface area contributed by atoms with Gasteiger partial charge in [-0.2, -0.15) is 0 Å². The van der Waals surface area contributed by atoms with E-state index in [2.05, 4.69) is 0 Å². The minimum atomic E-state index is -0.323. The molecular formula is C17H14ClFO2. The molecule has 0 aliphatic carbocycles. The van der Waals surface area contributed by atoms with E-state index in [4.69, 9.17) is 16.3 Å². The summed E-state index contributed by atoms with van der Waals surface area (Å²) in [5.41, 5.74) is 2.56. The van der Waals surface area contributed by atoms with Crippen molar-refractivity contribution in [2.75, 3.05) is 0 Å². The summed E-state index contributed by atoms with van der Waals surface area (Å²) in [6, 6.07) is 13.7. The van der Waals surface area contributed by atoms with Gasteiger partial charge in [-0.3, -0.25) is 4.79 Å². The van der Waals surface area contributed by atoms with Crippen LogP contribution in [-0.2, 0) is 16.0 Å². The predicted octanol–water partition coefficient (Wildman–Crippen LogP) is 4.63. The highest BCUT2D eigenvalue weighted by molar-refractivity contribution is 6.30.